The summed E-state index contributed by atoms with van der Waals surface area (Å²) in [6.45, 7) is 1.82. The van der Waals surface area contributed by atoms with Crippen LogP contribution in [0.3, 0.4) is 0 Å². The number of hydrogen-bond acceptors (Lipinski definition) is 6. The van der Waals surface area contributed by atoms with Crippen molar-refractivity contribution in [2.24, 2.45) is 0 Å². The summed E-state index contributed by atoms with van der Waals surface area (Å²) < 4.78 is 31.3. The molecule has 3 heterocycles. The monoisotopic (exact) mass is 421 g/mol. The van der Waals surface area contributed by atoms with Gasteiger partial charge in [-0.2, -0.15) is 5.10 Å². The van der Waals surface area contributed by atoms with E-state index in [1.54, 1.807) is 17.5 Å². The van der Waals surface area contributed by atoms with Crippen molar-refractivity contribution in [3.05, 3.63) is 71.5 Å². The van der Waals surface area contributed by atoms with Crippen molar-refractivity contribution >= 4 is 28.1 Å². The number of benzene rings is 1. The number of rotatable bonds is 7. The van der Waals surface area contributed by atoms with Crippen LogP contribution < -0.4 is 0 Å². The van der Waals surface area contributed by atoms with Crippen molar-refractivity contribution in [2.75, 3.05) is 0 Å². The number of aromatic nitrogens is 5. The molecule has 1 aromatic carbocycles. The van der Waals surface area contributed by atoms with Gasteiger partial charge < -0.3 is 5.11 Å². The van der Waals surface area contributed by atoms with Crippen molar-refractivity contribution in [1.82, 2.24) is 24.1 Å². The Morgan fingerprint density at radius 2 is 2.21 bits per heavy atom. The minimum Gasteiger partial charge on any atom is -0.382 e. The van der Waals surface area contributed by atoms with Crippen LogP contribution in [-0.4, -0.2) is 34.5 Å². The Morgan fingerprint density at radius 1 is 1.36 bits per heavy atom. The Kier molecular flexibility index (Phi) is 5.17. The minimum atomic E-state index is -1.60. The van der Waals surface area contributed by atoms with Crippen LogP contribution in [0.25, 0.3) is 4.96 Å². The van der Waals surface area contributed by atoms with Crippen LogP contribution in [0.5, 0.6) is 0 Å². The van der Waals surface area contributed by atoms with Gasteiger partial charge in [-0.15, -0.1) is 23.1 Å². The molecule has 1 N–H and O–H groups in total. The van der Waals surface area contributed by atoms with Crippen LogP contribution in [0.4, 0.5) is 8.78 Å². The number of thiazole rings is 1. The number of hydrogen-bond donors (Lipinski definition) is 1. The van der Waals surface area contributed by atoms with Crippen molar-refractivity contribution in [1.29, 1.82) is 0 Å². The average Bonchev–Trinajstić information content (AvgIpc) is 3.36. The van der Waals surface area contributed by atoms with Crippen molar-refractivity contribution in [2.45, 2.75) is 30.1 Å². The molecule has 146 valence electrons. The molecule has 28 heavy (non-hydrogen) atoms. The van der Waals surface area contributed by atoms with E-state index in [9.17, 15) is 13.9 Å². The van der Waals surface area contributed by atoms with E-state index in [-0.39, 0.29) is 12.1 Å². The second kappa shape index (κ2) is 7.61. The van der Waals surface area contributed by atoms with Crippen molar-refractivity contribution in [3.8, 4) is 0 Å². The third kappa shape index (κ3) is 3.67. The lowest BCUT2D eigenvalue weighted by Gasteiger charge is -2.34. The lowest BCUT2D eigenvalue weighted by molar-refractivity contribution is 0.0133. The molecule has 0 unspecified atom stereocenters. The number of halogens is 2. The first kappa shape index (κ1) is 19.0. The maximum absolute atomic E-state index is 14.5. The van der Waals surface area contributed by atoms with Gasteiger partial charge in [0.05, 0.1) is 6.54 Å². The van der Waals surface area contributed by atoms with Crippen LogP contribution in [0, 0.1) is 11.6 Å². The fourth-order valence-corrected chi connectivity index (χ4v) is 5.16. The zero-order chi connectivity index (χ0) is 19.7. The largest absolute Gasteiger partial charge is 0.382 e. The second-order valence-corrected chi connectivity index (χ2v) is 8.83. The van der Waals surface area contributed by atoms with Gasteiger partial charge >= 0.3 is 0 Å². The number of thioether (sulfide) groups is 1. The summed E-state index contributed by atoms with van der Waals surface area (Å²) in [6.07, 6.45) is 8.40. The van der Waals surface area contributed by atoms with Gasteiger partial charge in [-0.1, -0.05) is 13.0 Å². The molecule has 0 aliphatic heterocycles. The normalized spacial score (nSPS) is 15.0. The maximum atomic E-state index is 14.5. The van der Waals surface area contributed by atoms with Gasteiger partial charge in [0.2, 0.25) is 0 Å². The van der Waals surface area contributed by atoms with Gasteiger partial charge in [-0.25, -0.2) is 23.4 Å². The lowest BCUT2D eigenvalue weighted by Crippen LogP contribution is -2.41. The molecule has 0 aliphatic carbocycles. The van der Waals surface area contributed by atoms with Gasteiger partial charge in [0.1, 0.15) is 29.9 Å². The Hall–Kier alpha value is -2.30. The van der Waals surface area contributed by atoms with Crippen molar-refractivity contribution in [3.63, 3.8) is 0 Å². The van der Waals surface area contributed by atoms with Crippen LogP contribution in [0.2, 0.25) is 0 Å². The summed E-state index contributed by atoms with van der Waals surface area (Å²) in [5, 5.41) is 15.1. The minimum absolute atomic E-state index is 0.00250. The van der Waals surface area contributed by atoms with Crippen LogP contribution in [0.1, 0.15) is 17.4 Å². The fourth-order valence-electron chi connectivity index (χ4n) is 3.02. The first-order chi connectivity index (χ1) is 13.5. The maximum Gasteiger partial charge on any atom is 0.193 e. The summed E-state index contributed by atoms with van der Waals surface area (Å²) in [5.41, 5.74) is -1.57. The highest BCUT2D eigenvalue weighted by Gasteiger charge is 2.39. The van der Waals surface area contributed by atoms with E-state index in [2.05, 4.69) is 15.1 Å². The third-order valence-electron chi connectivity index (χ3n) is 4.55. The first-order valence-corrected chi connectivity index (χ1v) is 10.4. The van der Waals surface area contributed by atoms with Gasteiger partial charge in [-0.3, -0.25) is 4.40 Å². The molecule has 0 aliphatic rings. The Morgan fingerprint density at radius 3 is 2.93 bits per heavy atom. The number of fused-ring (bicyclic) bond motifs is 1. The third-order valence-corrected chi connectivity index (χ3v) is 7.11. The number of nitrogens with zero attached hydrogens (tertiary/aromatic N) is 5. The molecule has 10 heteroatoms. The topological polar surface area (TPSA) is 68.2 Å². The number of aliphatic hydroxyl groups is 1. The highest BCUT2D eigenvalue weighted by atomic mass is 32.2. The van der Waals surface area contributed by atoms with Crippen molar-refractivity contribution < 1.29 is 13.9 Å². The molecule has 0 amide bonds. The summed E-state index contributed by atoms with van der Waals surface area (Å²) in [7, 11) is 0. The predicted octanol–water partition coefficient (Wildman–Crippen LogP) is 3.48. The molecule has 2 atom stereocenters. The molecule has 4 rings (SSSR count). The van der Waals surface area contributed by atoms with E-state index in [0.29, 0.717) is 5.75 Å². The highest BCUT2D eigenvalue weighted by molar-refractivity contribution is 7.99. The van der Waals surface area contributed by atoms with Gasteiger partial charge in [-0.05, 0) is 6.07 Å². The Labute approximate surface area is 167 Å². The molecular weight excluding hydrogens is 404 g/mol. The van der Waals surface area contributed by atoms with Gasteiger partial charge in [0.15, 0.2) is 4.96 Å². The first-order valence-electron chi connectivity index (χ1n) is 8.49. The van der Waals surface area contributed by atoms with Crippen LogP contribution >= 0.6 is 23.1 Å². The molecule has 0 spiro atoms. The van der Waals surface area contributed by atoms with E-state index < -0.39 is 22.5 Å². The zero-order valence-electron chi connectivity index (χ0n) is 14.9. The Bertz CT molecular complexity index is 1050. The van der Waals surface area contributed by atoms with E-state index in [4.69, 9.17) is 0 Å². The molecule has 4 aromatic rings. The Balaban J connectivity index is 1.60. The van der Waals surface area contributed by atoms with Gasteiger partial charge in [0.25, 0.3) is 0 Å². The molecule has 0 fully saturated rings. The molecular formula is C18H17F2N5OS2. The molecule has 3 aromatic heterocycles. The van der Waals surface area contributed by atoms with E-state index in [1.165, 1.54) is 35.2 Å². The highest BCUT2D eigenvalue weighted by Crippen LogP contribution is 2.38. The molecule has 0 radical (unpaired) electrons. The SMILES string of the molecule is C[C@@H](SCc1cn2ccnc2s1)[C@](O)(Cn1cncn1)c1ccc(F)cc1F. The zero-order valence-corrected chi connectivity index (χ0v) is 16.5. The molecule has 0 saturated heterocycles. The fraction of sp³-hybridized carbons (Fsp3) is 0.278. The molecule has 0 bridgehead atoms. The molecule has 0 saturated carbocycles. The average molecular weight is 421 g/mol. The smallest absolute Gasteiger partial charge is 0.193 e. The quantitative estimate of drug-likeness (QED) is 0.495. The van der Waals surface area contributed by atoms with Gasteiger partial charge in [0, 0.05) is 46.1 Å². The van der Waals surface area contributed by atoms with E-state index in [0.717, 1.165) is 22.0 Å². The lowest BCUT2D eigenvalue weighted by atomic mass is 9.90. The van der Waals surface area contributed by atoms with E-state index in [1.807, 2.05) is 23.7 Å². The molecule has 6 nitrogen and oxygen atoms in total. The summed E-state index contributed by atoms with van der Waals surface area (Å²) in [6, 6.07) is 3.22. The van der Waals surface area contributed by atoms with Crippen LogP contribution in [0.15, 0.2) is 49.4 Å². The second-order valence-electron chi connectivity index (χ2n) is 6.41. The summed E-state index contributed by atoms with van der Waals surface area (Å²) >= 11 is 3.04. The predicted molar refractivity (Wildman–Crippen MR) is 104 cm³/mol. The summed E-state index contributed by atoms with van der Waals surface area (Å²) in [5.74, 6) is -0.853. The summed E-state index contributed by atoms with van der Waals surface area (Å²) in [4.78, 5) is 10.1. The van der Waals surface area contributed by atoms with Crippen LogP contribution in [-0.2, 0) is 17.9 Å². The van der Waals surface area contributed by atoms with E-state index >= 15 is 0 Å². The standard InChI is InChI=1S/C18H17F2N5OS2/c1-12(27-8-14-7-24-5-4-22-17(24)28-14)18(26,9-25-11-21-10-23-25)15-3-2-13(19)6-16(15)20/h2-7,10-12,26H,8-9H2,1H3/t12-,18-/m1/s1. The number of imidazole rings is 1.